The van der Waals surface area contributed by atoms with Crippen molar-refractivity contribution in [3.63, 3.8) is 0 Å². The fourth-order valence-electron chi connectivity index (χ4n) is 3.30. The van der Waals surface area contributed by atoms with E-state index in [0.717, 1.165) is 0 Å². The second kappa shape index (κ2) is 14.3. The van der Waals surface area contributed by atoms with E-state index in [-0.39, 0.29) is 54.0 Å². The summed E-state index contributed by atoms with van der Waals surface area (Å²) in [5, 5.41) is 0. The van der Waals surface area contributed by atoms with Crippen molar-refractivity contribution in [2.75, 3.05) is 0 Å². The molecule has 9 nitrogen and oxygen atoms in total. The lowest BCUT2D eigenvalue weighted by molar-refractivity contribution is -0.166. The molecule has 2 N–H and O–H groups in total. The molecule has 0 aliphatic rings. The molecule has 1 rings (SSSR count). The van der Waals surface area contributed by atoms with E-state index in [2.05, 4.69) is 0 Å². The van der Waals surface area contributed by atoms with Gasteiger partial charge in [0.25, 0.3) is 0 Å². The Morgan fingerprint density at radius 3 is 1.79 bits per heavy atom. The van der Waals surface area contributed by atoms with Gasteiger partial charge in [0.15, 0.2) is 11.5 Å². The summed E-state index contributed by atoms with van der Waals surface area (Å²) in [7, 11) is 0. The molecule has 9 heteroatoms. The zero-order valence-corrected chi connectivity index (χ0v) is 24.3. The van der Waals surface area contributed by atoms with E-state index in [9.17, 15) is 19.2 Å². The maximum Gasteiger partial charge on any atom is 0.323 e. The Morgan fingerprint density at radius 2 is 1.29 bits per heavy atom. The summed E-state index contributed by atoms with van der Waals surface area (Å²) >= 11 is 0. The second-order valence-electron chi connectivity index (χ2n) is 12.1. The van der Waals surface area contributed by atoms with E-state index in [1.54, 1.807) is 19.9 Å². The molecule has 3 atom stereocenters. The van der Waals surface area contributed by atoms with Crippen LogP contribution in [0.5, 0.6) is 11.5 Å². The van der Waals surface area contributed by atoms with Crippen LogP contribution in [0.3, 0.4) is 0 Å². The number of rotatable bonds is 12. The molecule has 0 aliphatic carbocycles. The molecule has 1 aromatic carbocycles. The Kier molecular flexibility index (Phi) is 12.4. The monoisotopic (exact) mass is 535 g/mol. The summed E-state index contributed by atoms with van der Waals surface area (Å²) < 4.78 is 21.7. The molecule has 38 heavy (non-hydrogen) atoms. The van der Waals surface area contributed by atoms with Gasteiger partial charge in [0, 0.05) is 6.42 Å². The van der Waals surface area contributed by atoms with Crippen molar-refractivity contribution in [2.24, 2.45) is 16.6 Å². The number of nitrogens with two attached hydrogens (primary N) is 1. The van der Waals surface area contributed by atoms with Crippen molar-refractivity contribution in [3.05, 3.63) is 23.8 Å². The lowest BCUT2D eigenvalue weighted by Crippen LogP contribution is -2.39. The molecule has 0 bridgehead atoms. The normalized spacial score (nSPS) is 14.2. The van der Waals surface area contributed by atoms with Crippen LogP contribution in [0.1, 0.15) is 93.6 Å². The number of carbonyl (C=O) groups excluding carboxylic acids is 4. The van der Waals surface area contributed by atoms with Crippen LogP contribution >= 0.6 is 0 Å². The molecule has 0 saturated heterocycles. The first kappa shape index (κ1) is 33.1. The molecule has 0 radical (unpaired) electrons. The third-order valence-electron chi connectivity index (χ3n) is 5.30. The number of hydrogen-bond donors (Lipinski definition) is 1. The van der Waals surface area contributed by atoms with Gasteiger partial charge in [-0.3, -0.25) is 19.2 Å². The van der Waals surface area contributed by atoms with Gasteiger partial charge in [0.05, 0.1) is 12.8 Å². The molecular formula is C29H45NO8. The van der Waals surface area contributed by atoms with E-state index < -0.39 is 36.2 Å². The maximum atomic E-state index is 12.6. The van der Waals surface area contributed by atoms with Crippen molar-refractivity contribution in [1.82, 2.24) is 0 Å². The minimum Gasteiger partial charge on any atom is -0.459 e. The van der Waals surface area contributed by atoms with E-state index in [0.29, 0.717) is 12.0 Å². The van der Waals surface area contributed by atoms with Crippen molar-refractivity contribution in [1.29, 1.82) is 0 Å². The van der Waals surface area contributed by atoms with Gasteiger partial charge < -0.3 is 24.7 Å². The predicted octanol–water partition coefficient (Wildman–Crippen LogP) is 4.90. The van der Waals surface area contributed by atoms with Gasteiger partial charge in [-0.05, 0) is 55.2 Å². The fourth-order valence-corrected chi connectivity index (χ4v) is 3.30. The maximum absolute atomic E-state index is 12.6. The van der Waals surface area contributed by atoms with Gasteiger partial charge in [-0.25, -0.2) is 0 Å². The highest BCUT2D eigenvalue weighted by atomic mass is 16.6. The smallest absolute Gasteiger partial charge is 0.323 e. The quantitative estimate of drug-likeness (QED) is 0.293. The summed E-state index contributed by atoms with van der Waals surface area (Å²) in [6, 6.07) is 3.67. The first-order chi connectivity index (χ1) is 17.4. The van der Waals surface area contributed by atoms with E-state index in [4.69, 9.17) is 24.7 Å². The molecule has 0 spiro atoms. The van der Waals surface area contributed by atoms with Gasteiger partial charge in [0.2, 0.25) is 0 Å². The lowest BCUT2D eigenvalue weighted by atomic mass is 9.92. The number of ether oxygens (including phenoxy) is 4. The van der Waals surface area contributed by atoms with Crippen LogP contribution in [0.2, 0.25) is 0 Å². The van der Waals surface area contributed by atoms with Crippen LogP contribution in [-0.2, 0) is 35.1 Å². The van der Waals surface area contributed by atoms with Gasteiger partial charge in [-0.1, -0.05) is 54.5 Å². The van der Waals surface area contributed by atoms with E-state index in [1.165, 1.54) is 12.1 Å². The number of carbonyl (C=O) groups is 4. The molecule has 0 aliphatic heterocycles. The van der Waals surface area contributed by atoms with Crippen LogP contribution < -0.4 is 15.2 Å². The van der Waals surface area contributed by atoms with Crippen LogP contribution in [-0.4, -0.2) is 42.1 Å². The Morgan fingerprint density at radius 1 is 0.789 bits per heavy atom. The van der Waals surface area contributed by atoms with Crippen molar-refractivity contribution in [2.45, 2.75) is 113 Å². The fraction of sp³-hybridized carbons (Fsp3) is 0.655. The van der Waals surface area contributed by atoms with Gasteiger partial charge in [0.1, 0.15) is 18.2 Å². The highest BCUT2D eigenvalue weighted by Gasteiger charge is 2.26. The van der Waals surface area contributed by atoms with Crippen LogP contribution in [0, 0.1) is 10.8 Å². The van der Waals surface area contributed by atoms with Gasteiger partial charge in [-0.2, -0.15) is 0 Å². The molecule has 0 fully saturated rings. The first-order valence-corrected chi connectivity index (χ1v) is 13.1. The molecule has 0 unspecified atom stereocenters. The molecule has 0 saturated carbocycles. The molecule has 0 heterocycles. The summed E-state index contributed by atoms with van der Waals surface area (Å²) in [4.78, 5) is 49.3. The molecule has 0 amide bonds. The standard InChI is InChI=1S/C29H45NO8/c1-10-11-24(31)35-18(2)19(3)36-27(34)21(30)14-20-12-13-22(37-25(32)16-28(4,5)6)23(15-20)38-26(33)17-29(7,8)9/h12-13,15,18-19,21H,10-11,14,16-17,30H2,1-9H3/t18-,19-,21-/m0/s1. The van der Waals surface area contributed by atoms with Crippen molar-refractivity contribution >= 4 is 23.9 Å². The summed E-state index contributed by atoms with van der Waals surface area (Å²) in [6.07, 6.45) is 0.0356. The third-order valence-corrected chi connectivity index (χ3v) is 5.30. The molecule has 0 aromatic heterocycles. The minimum atomic E-state index is -1.02. The Bertz CT molecular complexity index is 974. The average molecular weight is 536 g/mol. The van der Waals surface area contributed by atoms with E-state index >= 15 is 0 Å². The molecule has 1 aromatic rings. The largest absolute Gasteiger partial charge is 0.459 e. The minimum absolute atomic E-state index is 0.0735. The van der Waals surface area contributed by atoms with Crippen molar-refractivity contribution in [3.8, 4) is 11.5 Å². The van der Waals surface area contributed by atoms with Gasteiger partial charge in [-0.15, -0.1) is 0 Å². The topological polar surface area (TPSA) is 131 Å². The van der Waals surface area contributed by atoms with Crippen LogP contribution in [0.4, 0.5) is 0 Å². The van der Waals surface area contributed by atoms with Crippen molar-refractivity contribution < 1.29 is 38.1 Å². The summed E-state index contributed by atoms with van der Waals surface area (Å²) in [5.74, 6) is -1.78. The Labute approximate surface area is 226 Å². The number of hydrogen-bond acceptors (Lipinski definition) is 9. The molecule has 214 valence electrons. The zero-order valence-electron chi connectivity index (χ0n) is 24.3. The Hall–Kier alpha value is -2.94. The Balaban J connectivity index is 3.00. The highest BCUT2D eigenvalue weighted by molar-refractivity contribution is 5.78. The lowest BCUT2D eigenvalue weighted by Gasteiger charge is -2.22. The van der Waals surface area contributed by atoms with Crippen LogP contribution in [0.25, 0.3) is 0 Å². The third kappa shape index (κ3) is 13.0. The number of benzene rings is 1. The second-order valence-corrected chi connectivity index (χ2v) is 12.1. The van der Waals surface area contributed by atoms with E-state index in [1.807, 2.05) is 48.5 Å². The predicted molar refractivity (Wildman–Crippen MR) is 144 cm³/mol. The van der Waals surface area contributed by atoms with Crippen LogP contribution in [0.15, 0.2) is 18.2 Å². The molecular weight excluding hydrogens is 490 g/mol. The van der Waals surface area contributed by atoms with Gasteiger partial charge >= 0.3 is 23.9 Å². The summed E-state index contributed by atoms with van der Waals surface area (Å²) in [5.41, 5.74) is 6.09. The SMILES string of the molecule is CCCC(=O)O[C@@H](C)[C@H](C)OC(=O)[C@@H](N)Cc1ccc(OC(=O)CC(C)(C)C)c(OC(=O)CC(C)(C)C)c1. The number of esters is 4. The first-order valence-electron chi connectivity index (χ1n) is 13.1. The zero-order chi connectivity index (χ0) is 29.3. The summed E-state index contributed by atoms with van der Waals surface area (Å²) in [6.45, 7) is 16.6. The highest BCUT2D eigenvalue weighted by Crippen LogP contribution is 2.32. The average Bonchev–Trinajstić information content (AvgIpc) is 2.72.